The van der Waals surface area contributed by atoms with Crippen molar-refractivity contribution in [3.05, 3.63) is 52.7 Å². The number of hydrogen-bond acceptors (Lipinski definition) is 6. The van der Waals surface area contributed by atoms with E-state index in [1.807, 2.05) is 12.1 Å². The monoisotopic (exact) mass is 372 g/mol. The standard InChI is InChI=1S/C18H20N4O5/c1-21-15(11-3-5-13(27-2)6-4-11)9-22-8-14(20-16(22)18(21)26)17(25)19-7-12(24)10-23/h3-6,8-9,12,23-24H,7,10H2,1-2H3,(H,19,25)/t12-/m0/s1. The van der Waals surface area contributed by atoms with Gasteiger partial charge in [-0.05, 0) is 24.3 Å². The molecule has 142 valence electrons. The summed E-state index contributed by atoms with van der Waals surface area (Å²) in [6, 6.07) is 7.26. The van der Waals surface area contributed by atoms with Crippen molar-refractivity contribution in [2.45, 2.75) is 6.10 Å². The summed E-state index contributed by atoms with van der Waals surface area (Å²) in [7, 11) is 3.21. The second-order valence-electron chi connectivity index (χ2n) is 6.01. The zero-order valence-electron chi connectivity index (χ0n) is 14.9. The molecule has 0 spiro atoms. The smallest absolute Gasteiger partial charge is 0.294 e. The summed E-state index contributed by atoms with van der Waals surface area (Å²) in [5, 5.41) is 20.6. The number of imidazole rings is 1. The van der Waals surface area contributed by atoms with Gasteiger partial charge in [0, 0.05) is 31.5 Å². The number of carbonyl (C=O) groups excluding carboxylic acids is 1. The number of aromatic nitrogens is 3. The van der Waals surface area contributed by atoms with Gasteiger partial charge in [-0.3, -0.25) is 14.0 Å². The minimum atomic E-state index is -1.06. The van der Waals surface area contributed by atoms with E-state index in [2.05, 4.69) is 10.3 Å². The second-order valence-corrected chi connectivity index (χ2v) is 6.01. The highest BCUT2D eigenvalue weighted by Crippen LogP contribution is 2.21. The normalized spacial score (nSPS) is 12.1. The van der Waals surface area contributed by atoms with Crippen molar-refractivity contribution in [1.29, 1.82) is 0 Å². The Morgan fingerprint density at radius 1 is 1.30 bits per heavy atom. The van der Waals surface area contributed by atoms with Crippen LogP contribution < -0.4 is 15.6 Å². The molecule has 2 heterocycles. The van der Waals surface area contributed by atoms with Crippen LogP contribution in [-0.4, -0.2) is 56.4 Å². The largest absolute Gasteiger partial charge is 0.497 e. The summed E-state index contributed by atoms with van der Waals surface area (Å²) >= 11 is 0. The SMILES string of the molecule is COc1ccc(-c2cn3cc(C(=O)NC[C@H](O)CO)nc3c(=O)n2C)cc1. The number of amides is 1. The molecule has 9 nitrogen and oxygen atoms in total. The zero-order chi connectivity index (χ0) is 19.6. The van der Waals surface area contributed by atoms with Gasteiger partial charge in [0.25, 0.3) is 11.5 Å². The van der Waals surface area contributed by atoms with Crippen molar-refractivity contribution >= 4 is 11.6 Å². The second kappa shape index (κ2) is 7.60. The van der Waals surface area contributed by atoms with Crippen molar-refractivity contribution < 1.29 is 19.7 Å². The highest BCUT2D eigenvalue weighted by molar-refractivity contribution is 5.92. The molecule has 1 aromatic carbocycles. The van der Waals surface area contributed by atoms with Crippen LogP contribution in [0.15, 0.2) is 41.5 Å². The van der Waals surface area contributed by atoms with Gasteiger partial charge in [-0.1, -0.05) is 0 Å². The van der Waals surface area contributed by atoms with E-state index < -0.39 is 18.6 Å². The molecule has 0 aliphatic carbocycles. The summed E-state index contributed by atoms with van der Waals surface area (Å²) in [6.45, 7) is -0.574. The third-order valence-electron chi connectivity index (χ3n) is 4.18. The highest BCUT2D eigenvalue weighted by Gasteiger charge is 2.16. The maximum atomic E-state index is 12.6. The maximum Gasteiger partial charge on any atom is 0.294 e. The van der Waals surface area contributed by atoms with Gasteiger partial charge >= 0.3 is 0 Å². The van der Waals surface area contributed by atoms with E-state index in [4.69, 9.17) is 9.84 Å². The van der Waals surface area contributed by atoms with Gasteiger partial charge in [0.15, 0.2) is 0 Å². The van der Waals surface area contributed by atoms with Crippen molar-refractivity contribution in [3.8, 4) is 17.0 Å². The predicted octanol–water partition coefficient (Wildman–Crippen LogP) is -0.208. The number of ether oxygens (including phenoxy) is 1. The number of rotatable bonds is 6. The van der Waals surface area contributed by atoms with E-state index in [1.165, 1.54) is 15.2 Å². The molecule has 0 saturated carbocycles. The lowest BCUT2D eigenvalue weighted by Crippen LogP contribution is -2.34. The Balaban J connectivity index is 1.98. The quantitative estimate of drug-likeness (QED) is 0.551. The summed E-state index contributed by atoms with van der Waals surface area (Å²) < 4.78 is 8.10. The Bertz CT molecular complexity index is 1020. The molecule has 0 radical (unpaired) electrons. The number of nitrogens with one attached hydrogen (secondary N) is 1. The number of hydrogen-bond donors (Lipinski definition) is 3. The first-order valence-corrected chi connectivity index (χ1v) is 8.25. The number of aliphatic hydroxyl groups is 2. The fourth-order valence-corrected chi connectivity index (χ4v) is 2.63. The van der Waals surface area contributed by atoms with Crippen molar-refractivity contribution in [1.82, 2.24) is 19.3 Å². The van der Waals surface area contributed by atoms with Crippen LogP contribution in [0.4, 0.5) is 0 Å². The molecule has 2 aromatic heterocycles. The van der Waals surface area contributed by atoms with Gasteiger partial charge in [-0.25, -0.2) is 4.98 Å². The Labute approximate surface area is 154 Å². The summed E-state index contributed by atoms with van der Waals surface area (Å²) in [5.41, 5.74) is 1.27. The van der Waals surface area contributed by atoms with Gasteiger partial charge in [-0.2, -0.15) is 0 Å². The van der Waals surface area contributed by atoms with E-state index >= 15 is 0 Å². The van der Waals surface area contributed by atoms with Crippen LogP contribution in [0.25, 0.3) is 16.9 Å². The minimum Gasteiger partial charge on any atom is -0.497 e. The molecule has 0 bridgehead atoms. The molecule has 3 aromatic rings. The van der Waals surface area contributed by atoms with Crippen LogP contribution in [0, 0.1) is 0 Å². The first-order chi connectivity index (χ1) is 12.9. The molecule has 3 N–H and O–H groups in total. The van der Waals surface area contributed by atoms with Gasteiger partial charge in [0.2, 0.25) is 5.65 Å². The molecule has 0 unspecified atom stereocenters. The van der Waals surface area contributed by atoms with E-state index in [0.717, 1.165) is 5.56 Å². The van der Waals surface area contributed by atoms with Gasteiger partial charge in [0.05, 0.1) is 25.5 Å². The topological polar surface area (TPSA) is 118 Å². The first-order valence-electron chi connectivity index (χ1n) is 8.25. The average Bonchev–Trinajstić information content (AvgIpc) is 3.13. The summed E-state index contributed by atoms with van der Waals surface area (Å²) in [4.78, 5) is 28.9. The minimum absolute atomic E-state index is 0.0455. The van der Waals surface area contributed by atoms with Crippen molar-refractivity contribution in [2.24, 2.45) is 7.05 Å². The highest BCUT2D eigenvalue weighted by atomic mass is 16.5. The fourth-order valence-electron chi connectivity index (χ4n) is 2.63. The summed E-state index contributed by atoms with van der Waals surface area (Å²) in [6.07, 6.45) is 2.11. The molecular formula is C18H20N4O5. The number of methoxy groups -OCH3 is 1. The molecule has 1 atom stereocenters. The third-order valence-corrected chi connectivity index (χ3v) is 4.18. The van der Waals surface area contributed by atoms with Crippen LogP contribution >= 0.6 is 0 Å². The lowest BCUT2D eigenvalue weighted by atomic mass is 10.1. The number of aliphatic hydroxyl groups excluding tert-OH is 2. The van der Waals surface area contributed by atoms with Crippen LogP contribution in [0.5, 0.6) is 5.75 Å². The number of carbonyl (C=O) groups is 1. The molecule has 0 aliphatic heterocycles. The maximum absolute atomic E-state index is 12.6. The fraction of sp³-hybridized carbons (Fsp3) is 0.278. The van der Waals surface area contributed by atoms with E-state index in [9.17, 15) is 14.7 Å². The molecule has 3 rings (SSSR count). The number of fused-ring (bicyclic) bond motifs is 1. The van der Waals surface area contributed by atoms with Gasteiger partial charge < -0.3 is 24.8 Å². The Kier molecular flexibility index (Phi) is 5.24. The number of nitrogens with zero attached hydrogens (tertiary/aromatic N) is 3. The first kappa shape index (κ1) is 18.6. The van der Waals surface area contributed by atoms with Gasteiger partial charge in [0.1, 0.15) is 11.4 Å². The molecule has 0 saturated heterocycles. The van der Waals surface area contributed by atoms with Gasteiger partial charge in [-0.15, -0.1) is 0 Å². The Morgan fingerprint density at radius 3 is 2.63 bits per heavy atom. The van der Waals surface area contributed by atoms with Crippen LogP contribution in [0.1, 0.15) is 10.5 Å². The third kappa shape index (κ3) is 3.69. The molecular weight excluding hydrogens is 352 g/mol. The van der Waals surface area contributed by atoms with E-state index in [-0.39, 0.29) is 23.4 Å². The molecule has 9 heteroatoms. The zero-order valence-corrected chi connectivity index (χ0v) is 14.9. The van der Waals surface area contributed by atoms with Crippen LogP contribution in [0.2, 0.25) is 0 Å². The molecule has 1 amide bonds. The Hall–Kier alpha value is -3.17. The van der Waals surface area contributed by atoms with E-state index in [0.29, 0.717) is 11.4 Å². The molecule has 0 aliphatic rings. The van der Waals surface area contributed by atoms with Crippen molar-refractivity contribution in [3.63, 3.8) is 0 Å². The van der Waals surface area contributed by atoms with Crippen LogP contribution in [-0.2, 0) is 7.05 Å². The Morgan fingerprint density at radius 2 is 2.00 bits per heavy atom. The summed E-state index contributed by atoms with van der Waals surface area (Å²) in [5.74, 6) is 0.163. The molecule has 27 heavy (non-hydrogen) atoms. The average molecular weight is 372 g/mol. The predicted molar refractivity (Wildman–Crippen MR) is 97.8 cm³/mol. The van der Waals surface area contributed by atoms with Crippen LogP contribution in [0.3, 0.4) is 0 Å². The van der Waals surface area contributed by atoms with Crippen molar-refractivity contribution in [2.75, 3.05) is 20.3 Å². The molecule has 0 fully saturated rings. The number of benzene rings is 1. The lowest BCUT2D eigenvalue weighted by molar-refractivity contribution is 0.0799. The lowest BCUT2D eigenvalue weighted by Gasteiger charge is -2.09. The van der Waals surface area contributed by atoms with E-state index in [1.54, 1.807) is 32.5 Å².